The lowest BCUT2D eigenvalue weighted by Gasteiger charge is -2.34. The van der Waals surface area contributed by atoms with E-state index in [-0.39, 0.29) is 18.3 Å². The predicted octanol–water partition coefficient (Wildman–Crippen LogP) is 2.22. The van der Waals surface area contributed by atoms with E-state index in [1.54, 1.807) is 0 Å². The van der Waals surface area contributed by atoms with Crippen molar-refractivity contribution in [1.82, 2.24) is 10.2 Å². The van der Waals surface area contributed by atoms with E-state index in [2.05, 4.69) is 11.9 Å². The molecular weight excluding hydrogens is 248 g/mol. The van der Waals surface area contributed by atoms with Gasteiger partial charge in [-0.25, -0.2) is 0 Å². The van der Waals surface area contributed by atoms with Crippen molar-refractivity contribution in [2.45, 2.75) is 32.1 Å². The van der Waals surface area contributed by atoms with E-state index >= 15 is 0 Å². The molecule has 1 saturated heterocycles. The van der Waals surface area contributed by atoms with Gasteiger partial charge in [0, 0.05) is 26.2 Å². The Labute approximate surface area is 116 Å². The molecule has 1 aliphatic carbocycles. The lowest BCUT2D eigenvalue weighted by Crippen LogP contribution is -2.52. The summed E-state index contributed by atoms with van der Waals surface area (Å²) < 4.78 is 0. The maximum atomic E-state index is 12.2. The number of carbonyl (C=O) groups excluding carboxylic acids is 1. The fourth-order valence-electron chi connectivity index (χ4n) is 2.81. The summed E-state index contributed by atoms with van der Waals surface area (Å²) in [4.78, 5) is 14.2. The SMILES string of the molecule is C=CCN(CC1CCCCC1)C(=O)C1CNC1.Cl. The van der Waals surface area contributed by atoms with Crippen LogP contribution in [-0.4, -0.2) is 37.0 Å². The summed E-state index contributed by atoms with van der Waals surface area (Å²) in [6.07, 6.45) is 8.50. The van der Waals surface area contributed by atoms with Crippen LogP contribution in [0.25, 0.3) is 0 Å². The molecule has 18 heavy (non-hydrogen) atoms. The summed E-state index contributed by atoms with van der Waals surface area (Å²) in [5.41, 5.74) is 0. The quantitative estimate of drug-likeness (QED) is 0.779. The van der Waals surface area contributed by atoms with Gasteiger partial charge in [0.05, 0.1) is 5.92 Å². The third-order valence-electron chi connectivity index (χ3n) is 4.00. The van der Waals surface area contributed by atoms with Crippen molar-refractivity contribution < 1.29 is 4.79 Å². The second kappa shape index (κ2) is 7.80. The highest BCUT2D eigenvalue weighted by molar-refractivity contribution is 5.85. The Morgan fingerprint density at radius 3 is 2.44 bits per heavy atom. The van der Waals surface area contributed by atoms with Gasteiger partial charge in [0.25, 0.3) is 0 Å². The second-order valence-corrected chi connectivity index (χ2v) is 5.39. The monoisotopic (exact) mass is 272 g/mol. The summed E-state index contributed by atoms with van der Waals surface area (Å²) >= 11 is 0. The minimum absolute atomic E-state index is 0. The van der Waals surface area contributed by atoms with Crippen molar-refractivity contribution in [3.63, 3.8) is 0 Å². The number of hydrogen-bond donors (Lipinski definition) is 1. The van der Waals surface area contributed by atoms with Gasteiger partial charge >= 0.3 is 0 Å². The average molecular weight is 273 g/mol. The summed E-state index contributed by atoms with van der Waals surface area (Å²) in [5, 5.41) is 3.17. The van der Waals surface area contributed by atoms with Crippen LogP contribution in [0, 0.1) is 11.8 Å². The van der Waals surface area contributed by atoms with Gasteiger partial charge in [-0.3, -0.25) is 4.79 Å². The Kier molecular flexibility index (Phi) is 6.72. The van der Waals surface area contributed by atoms with E-state index in [1.165, 1.54) is 32.1 Å². The number of carbonyl (C=O) groups is 1. The standard InChI is InChI=1S/C14H24N2O.ClH/c1-2-8-16(14(17)13-9-15-10-13)11-12-6-4-3-5-7-12;/h2,12-13,15H,1,3-11H2;1H. The molecule has 1 aliphatic heterocycles. The van der Waals surface area contributed by atoms with Crippen LogP contribution < -0.4 is 5.32 Å². The Balaban J connectivity index is 0.00000162. The van der Waals surface area contributed by atoms with Crippen molar-refractivity contribution in [1.29, 1.82) is 0 Å². The molecular formula is C14H25ClN2O. The number of hydrogen-bond acceptors (Lipinski definition) is 2. The zero-order valence-electron chi connectivity index (χ0n) is 11.1. The zero-order chi connectivity index (χ0) is 12.1. The third kappa shape index (κ3) is 3.99. The van der Waals surface area contributed by atoms with E-state index in [1.807, 2.05) is 11.0 Å². The Bertz CT molecular complexity index is 273. The first-order chi connectivity index (χ1) is 8.31. The van der Waals surface area contributed by atoms with Gasteiger partial charge in [0.2, 0.25) is 5.91 Å². The molecule has 0 aromatic heterocycles. The fraction of sp³-hybridized carbons (Fsp3) is 0.786. The lowest BCUT2D eigenvalue weighted by atomic mass is 9.88. The summed E-state index contributed by atoms with van der Waals surface area (Å²) in [5.74, 6) is 1.27. The molecule has 2 rings (SSSR count). The predicted molar refractivity (Wildman–Crippen MR) is 77.0 cm³/mol. The highest BCUT2D eigenvalue weighted by Gasteiger charge is 2.30. The largest absolute Gasteiger partial charge is 0.338 e. The van der Waals surface area contributed by atoms with E-state index < -0.39 is 0 Å². The molecule has 0 bridgehead atoms. The molecule has 3 nitrogen and oxygen atoms in total. The van der Waals surface area contributed by atoms with Gasteiger partial charge in [-0.05, 0) is 18.8 Å². The fourth-order valence-corrected chi connectivity index (χ4v) is 2.81. The van der Waals surface area contributed by atoms with E-state index in [4.69, 9.17) is 0 Å². The van der Waals surface area contributed by atoms with Gasteiger partial charge in [-0.2, -0.15) is 0 Å². The van der Waals surface area contributed by atoms with Crippen LogP contribution in [0.2, 0.25) is 0 Å². The van der Waals surface area contributed by atoms with Gasteiger partial charge in [0.1, 0.15) is 0 Å². The molecule has 0 aromatic rings. The number of nitrogens with zero attached hydrogens (tertiary/aromatic N) is 1. The first-order valence-electron chi connectivity index (χ1n) is 6.91. The molecule has 1 heterocycles. The van der Waals surface area contributed by atoms with Crippen molar-refractivity contribution in [2.24, 2.45) is 11.8 Å². The number of halogens is 1. The van der Waals surface area contributed by atoms with Crippen molar-refractivity contribution in [2.75, 3.05) is 26.2 Å². The third-order valence-corrected chi connectivity index (χ3v) is 4.00. The highest BCUT2D eigenvalue weighted by atomic mass is 35.5. The average Bonchev–Trinajstić information content (AvgIpc) is 2.27. The molecule has 0 atom stereocenters. The van der Waals surface area contributed by atoms with Crippen molar-refractivity contribution in [3.8, 4) is 0 Å². The van der Waals surface area contributed by atoms with Crippen LogP contribution in [0.4, 0.5) is 0 Å². The van der Waals surface area contributed by atoms with Crippen LogP contribution in [0.1, 0.15) is 32.1 Å². The molecule has 1 saturated carbocycles. The van der Waals surface area contributed by atoms with E-state index in [0.29, 0.717) is 12.5 Å². The Morgan fingerprint density at radius 1 is 1.28 bits per heavy atom. The molecule has 0 unspecified atom stereocenters. The van der Waals surface area contributed by atoms with Gasteiger partial charge in [0.15, 0.2) is 0 Å². The van der Waals surface area contributed by atoms with E-state index in [0.717, 1.165) is 25.6 Å². The molecule has 4 heteroatoms. The minimum Gasteiger partial charge on any atom is -0.338 e. The van der Waals surface area contributed by atoms with Gasteiger partial charge < -0.3 is 10.2 Å². The van der Waals surface area contributed by atoms with Gasteiger partial charge in [-0.1, -0.05) is 25.3 Å². The summed E-state index contributed by atoms with van der Waals surface area (Å²) in [7, 11) is 0. The van der Waals surface area contributed by atoms with Crippen LogP contribution in [0.15, 0.2) is 12.7 Å². The zero-order valence-corrected chi connectivity index (χ0v) is 11.9. The topological polar surface area (TPSA) is 32.3 Å². The first-order valence-corrected chi connectivity index (χ1v) is 6.91. The molecule has 2 aliphatic rings. The second-order valence-electron chi connectivity index (χ2n) is 5.39. The lowest BCUT2D eigenvalue weighted by molar-refractivity contribution is -0.137. The first kappa shape index (κ1) is 15.5. The molecule has 1 N–H and O–H groups in total. The van der Waals surface area contributed by atoms with Gasteiger partial charge in [-0.15, -0.1) is 19.0 Å². The molecule has 0 spiro atoms. The van der Waals surface area contributed by atoms with Crippen molar-refractivity contribution in [3.05, 3.63) is 12.7 Å². The maximum Gasteiger partial charge on any atom is 0.228 e. The van der Waals surface area contributed by atoms with Crippen LogP contribution in [-0.2, 0) is 4.79 Å². The number of amides is 1. The molecule has 0 aromatic carbocycles. The van der Waals surface area contributed by atoms with Crippen LogP contribution in [0.5, 0.6) is 0 Å². The smallest absolute Gasteiger partial charge is 0.228 e. The number of nitrogens with one attached hydrogen (secondary N) is 1. The van der Waals surface area contributed by atoms with Crippen LogP contribution >= 0.6 is 12.4 Å². The number of rotatable bonds is 5. The summed E-state index contributed by atoms with van der Waals surface area (Å²) in [6, 6.07) is 0. The van der Waals surface area contributed by atoms with E-state index in [9.17, 15) is 4.79 Å². The Hall–Kier alpha value is -0.540. The Morgan fingerprint density at radius 2 is 1.94 bits per heavy atom. The van der Waals surface area contributed by atoms with Crippen molar-refractivity contribution >= 4 is 18.3 Å². The minimum atomic E-state index is 0. The molecule has 104 valence electrons. The molecule has 0 radical (unpaired) electrons. The maximum absolute atomic E-state index is 12.2. The normalized spacial score (nSPS) is 20.7. The van der Waals surface area contributed by atoms with Crippen LogP contribution in [0.3, 0.4) is 0 Å². The molecule has 1 amide bonds. The highest BCUT2D eigenvalue weighted by Crippen LogP contribution is 2.25. The molecule has 2 fully saturated rings. The summed E-state index contributed by atoms with van der Waals surface area (Å²) in [6.45, 7) is 7.15.